The van der Waals surface area contributed by atoms with Gasteiger partial charge in [-0.05, 0) is 84.5 Å². The molecule has 0 radical (unpaired) electrons. The third-order valence-corrected chi connectivity index (χ3v) is 11.0. The number of likely N-dealkylation sites (tertiary alicyclic amines) is 1. The molecule has 2 heterocycles. The molecule has 0 aromatic carbocycles. The molecule has 2 saturated carbocycles. The van der Waals surface area contributed by atoms with Gasteiger partial charge in [-0.2, -0.15) is 5.12 Å². The molecule has 45 heavy (non-hydrogen) atoms. The molecule has 3 amide bonds. The Balaban J connectivity index is 1.53. The van der Waals surface area contributed by atoms with Crippen molar-refractivity contribution in [3.63, 3.8) is 0 Å². The van der Waals surface area contributed by atoms with Gasteiger partial charge >= 0.3 is 12.1 Å². The topological polar surface area (TPSA) is 152 Å². The van der Waals surface area contributed by atoms with Crippen molar-refractivity contribution in [1.82, 2.24) is 31.5 Å². The fourth-order valence-electron chi connectivity index (χ4n) is 6.75. The van der Waals surface area contributed by atoms with E-state index in [2.05, 4.69) is 57.3 Å². The summed E-state index contributed by atoms with van der Waals surface area (Å²) in [6.07, 6.45) is 9.31. The summed E-state index contributed by atoms with van der Waals surface area (Å²) >= 11 is 3.84. The Hall–Kier alpha value is -2.22. The van der Waals surface area contributed by atoms with Gasteiger partial charge in [0.1, 0.15) is 23.2 Å². The number of hydrazine groups is 2. The molecule has 2 saturated heterocycles. The van der Waals surface area contributed by atoms with Crippen LogP contribution in [0.5, 0.6) is 0 Å². The maximum Gasteiger partial charge on any atom is 0.408 e. The summed E-state index contributed by atoms with van der Waals surface area (Å²) in [6, 6.07) is -1.61. The van der Waals surface area contributed by atoms with E-state index in [4.69, 9.17) is 4.74 Å². The van der Waals surface area contributed by atoms with E-state index in [0.717, 1.165) is 25.7 Å². The van der Waals surface area contributed by atoms with E-state index in [-0.39, 0.29) is 30.6 Å². The van der Waals surface area contributed by atoms with Crippen LogP contribution >= 0.6 is 15.9 Å². The number of fused-ring (bicyclic) bond motifs is 1. The molecule has 0 bridgehead atoms. The minimum atomic E-state index is -1.28. The van der Waals surface area contributed by atoms with Crippen LogP contribution in [0.1, 0.15) is 99.3 Å². The lowest BCUT2D eigenvalue weighted by Gasteiger charge is -2.38. The Kier molecular flexibility index (Phi) is 11.6. The molecule has 0 spiro atoms. The first-order valence-corrected chi connectivity index (χ1v) is 17.5. The van der Waals surface area contributed by atoms with Crippen molar-refractivity contribution in [3.05, 3.63) is 12.2 Å². The van der Waals surface area contributed by atoms with Crippen LogP contribution in [0.4, 0.5) is 4.79 Å². The van der Waals surface area contributed by atoms with Gasteiger partial charge in [-0.1, -0.05) is 54.8 Å². The predicted octanol–water partition coefficient (Wildman–Crippen LogP) is 3.61. The Morgan fingerprint density at radius 1 is 1.09 bits per heavy atom. The lowest BCUT2D eigenvalue weighted by molar-refractivity contribution is -0.145. The largest absolute Gasteiger partial charge is 0.480 e. The number of unbranched alkanes of at least 4 members (excludes halogenated alkanes) is 3. The lowest BCUT2D eigenvalue weighted by atomic mass is 9.76. The standard InChI is InChI=1S/C32H53BrN6O6/c1-7-8-9-10-11-12-13-23(34-30(44)45-31(4,5)6)28(41)38-18-21(16-25(38)27(40)35-32(14-15-32)29(42)43)39-36-24-17-22(33)19(2)20(3)26(24)37-39/h7-8,19-26,36-37H,9-18H2,1-6H3,(H,34,44)(H,35,40)(H,42,43)/b8-7-/t19?,20?,21-,22?,23+,24?,25-,26?/m0/s1. The quantitative estimate of drug-likeness (QED) is 0.117. The molecule has 5 unspecified atom stereocenters. The number of carboxylic acids is 1. The number of nitrogens with zero attached hydrogens (tertiary/aromatic N) is 2. The summed E-state index contributed by atoms with van der Waals surface area (Å²) < 4.78 is 5.49. The molecule has 4 aliphatic rings. The van der Waals surface area contributed by atoms with Crippen LogP contribution in [0.3, 0.4) is 0 Å². The van der Waals surface area contributed by atoms with Crippen LogP contribution in [-0.4, -0.2) is 91.7 Å². The molecule has 4 rings (SSSR count). The first-order valence-electron chi connectivity index (χ1n) is 16.6. The van der Waals surface area contributed by atoms with Crippen molar-refractivity contribution in [2.75, 3.05) is 6.54 Å². The van der Waals surface area contributed by atoms with E-state index in [1.165, 1.54) is 4.90 Å². The number of allylic oxidation sites excluding steroid dienone is 2. The molecule has 2 aliphatic heterocycles. The number of carbonyl (C=O) groups excluding carboxylic acids is 3. The van der Waals surface area contributed by atoms with E-state index in [9.17, 15) is 24.3 Å². The lowest BCUT2D eigenvalue weighted by Crippen LogP contribution is -2.56. The van der Waals surface area contributed by atoms with Gasteiger partial charge < -0.3 is 25.4 Å². The zero-order chi connectivity index (χ0) is 33.1. The number of carboxylic acid groups (broad SMARTS) is 1. The summed E-state index contributed by atoms with van der Waals surface area (Å²) in [4.78, 5) is 54.7. The maximum absolute atomic E-state index is 14.3. The van der Waals surface area contributed by atoms with Crippen molar-refractivity contribution in [2.45, 2.75) is 146 Å². The summed E-state index contributed by atoms with van der Waals surface area (Å²) in [7, 11) is 0. The third-order valence-electron chi connectivity index (χ3n) is 9.81. The normalized spacial score (nSPS) is 31.8. The van der Waals surface area contributed by atoms with Gasteiger partial charge in [0.25, 0.3) is 0 Å². The van der Waals surface area contributed by atoms with E-state index in [0.29, 0.717) is 48.8 Å². The SMILES string of the molecule is C/C=C\CCCCC[C@@H](NC(=O)OC(C)(C)C)C(=O)N1C[C@@H](N2NC3CC(Br)C(C)C(C)C3N2)C[C@H]1C(=O)NC1(C(=O)O)CC1. The zero-order valence-electron chi connectivity index (χ0n) is 27.6. The van der Waals surface area contributed by atoms with Crippen molar-refractivity contribution in [1.29, 1.82) is 0 Å². The minimum Gasteiger partial charge on any atom is -0.480 e. The summed E-state index contributed by atoms with van der Waals surface area (Å²) in [5.41, 5.74) is 5.19. The zero-order valence-corrected chi connectivity index (χ0v) is 29.2. The molecule has 12 nitrogen and oxygen atoms in total. The van der Waals surface area contributed by atoms with E-state index in [1.807, 2.05) is 18.1 Å². The number of hydrogen-bond acceptors (Lipinski definition) is 8. The summed E-state index contributed by atoms with van der Waals surface area (Å²) in [5, 5.41) is 17.2. The number of alkyl carbamates (subject to hydrolysis) is 1. The number of nitrogens with one attached hydrogen (secondary N) is 4. The number of alkyl halides is 1. The van der Waals surface area contributed by atoms with Crippen LogP contribution in [0.2, 0.25) is 0 Å². The number of halogens is 1. The second-order valence-corrected chi connectivity index (χ2v) is 15.6. The maximum atomic E-state index is 14.3. The van der Waals surface area contributed by atoms with Gasteiger partial charge in [0, 0.05) is 23.5 Å². The van der Waals surface area contributed by atoms with Crippen molar-refractivity contribution >= 4 is 39.8 Å². The fourth-order valence-corrected chi connectivity index (χ4v) is 7.63. The summed E-state index contributed by atoms with van der Waals surface area (Å²) in [6.45, 7) is 12.0. The number of hydrogen-bond donors (Lipinski definition) is 5. The Labute approximate surface area is 275 Å². The fraction of sp³-hybridized carbons (Fsp3) is 0.812. The highest BCUT2D eigenvalue weighted by Crippen LogP contribution is 2.39. The molecule has 0 aromatic rings. The monoisotopic (exact) mass is 696 g/mol. The van der Waals surface area contributed by atoms with Crippen LogP contribution in [-0.2, 0) is 19.1 Å². The smallest absolute Gasteiger partial charge is 0.408 e. The number of amides is 3. The highest BCUT2D eigenvalue weighted by Gasteiger charge is 2.55. The van der Waals surface area contributed by atoms with Crippen molar-refractivity contribution in [3.8, 4) is 0 Å². The summed E-state index contributed by atoms with van der Waals surface area (Å²) in [5.74, 6) is -1.04. The van der Waals surface area contributed by atoms with E-state index < -0.39 is 41.2 Å². The highest BCUT2D eigenvalue weighted by molar-refractivity contribution is 9.09. The molecule has 4 fully saturated rings. The molecule has 5 N–H and O–H groups in total. The Morgan fingerprint density at radius 3 is 2.42 bits per heavy atom. The van der Waals surface area contributed by atoms with Crippen LogP contribution in [0.15, 0.2) is 12.2 Å². The van der Waals surface area contributed by atoms with Gasteiger partial charge in [0.2, 0.25) is 11.8 Å². The number of aliphatic carboxylic acids is 1. The van der Waals surface area contributed by atoms with Crippen LogP contribution in [0.25, 0.3) is 0 Å². The third kappa shape index (κ3) is 8.78. The number of rotatable bonds is 12. The van der Waals surface area contributed by atoms with E-state index in [1.54, 1.807) is 20.8 Å². The first kappa shape index (κ1) is 35.6. The Morgan fingerprint density at radius 2 is 1.80 bits per heavy atom. The van der Waals surface area contributed by atoms with Gasteiger partial charge in [0.05, 0.1) is 6.04 Å². The van der Waals surface area contributed by atoms with E-state index >= 15 is 0 Å². The Bertz CT molecular complexity index is 1130. The average molecular weight is 698 g/mol. The van der Waals surface area contributed by atoms with Crippen molar-refractivity contribution in [2.24, 2.45) is 11.8 Å². The highest BCUT2D eigenvalue weighted by atomic mass is 79.9. The van der Waals surface area contributed by atoms with Crippen molar-refractivity contribution < 1.29 is 29.0 Å². The molecule has 8 atom stereocenters. The molecular weight excluding hydrogens is 644 g/mol. The second-order valence-electron chi connectivity index (χ2n) is 14.4. The molecule has 13 heteroatoms. The van der Waals surface area contributed by atoms with Crippen LogP contribution in [0, 0.1) is 11.8 Å². The number of ether oxygens (including phenoxy) is 1. The first-order chi connectivity index (χ1) is 21.2. The average Bonchev–Trinajstić information content (AvgIpc) is 3.41. The van der Waals surface area contributed by atoms with Gasteiger partial charge in [-0.3, -0.25) is 9.59 Å². The van der Waals surface area contributed by atoms with Gasteiger partial charge in [0.15, 0.2) is 0 Å². The number of carbonyl (C=O) groups is 4. The predicted molar refractivity (Wildman–Crippen MR) is 174 cm³/mol. The molecule has 0 aromatic heterocycles. The van der Waals surface area contributed by atoms with Crippen LogP contribution < -0.4 is 21.5 Å². The van der Waals surface area contributed by atoms with Gasteiger partial charge in [-0.25, -0.2) is 20.4 Å². The van der Waals surface area contributed by atoms with Gasteiger partial charge in [-0.15, -0.1) is 0 Å². The molecular formula is C32H53BrN6O6. The molecule has 254 valence electrons. The second kappa shape index (κ2) is 14.7. The molecule has 2 aliphatic carbocycles. The minimum absolute atomic E-state index is 0.198.